The molecule has 4 unspecified atom stereocenters. The molecule has 0 aromatic carbocycles. The Hall–Kier alpha value is -3.13. The third-order valence-corrected chi connectivity index (χ3v) is 5.86. The monoisotopic (exact) mass is 527 g/mol. The molecule has 0 aliphatic rings. The third-order valence-electron chi connectivity index (χ3n) is 5.22. The van der Waals surface area contributed by atoms with Gasteiger partial charge in [0, 0.05) is 24.7 Å². The maximum atomic E-state index is 13.2. The van der Waals surface area contributed by atoms with Crippen molar-refractivity contribution in [2.24, 2.45) is 17.4 Å². The fourth-order valence-electron chi connectivity index (χ4n) is 3.27. The molecule has 9 N–H and O–H groups in total. The first-order valence-electron chi connectivity index (χ1n) is 11.6. The number of aromatic nitrogens is 2. The number of imidazole rings is 1. The molecule has 0 saturated carbocycles. The van der Waals surface area contributed by atoms with Gasteiger partial charge in [-0.3, -0.25) is 19.2 Å². The Balaban J connectivity index is 3.02. The van der Waals surface area contributed by atoms with E-state index in [1.165, 1.54) is 12.5 Å². The Morgan fingerprint density at radius 3 is 2.17 bits per heavy atom. The molecule has 202 valence electrons. The second kappa shape index (κ2) is 15.8. The molecule has 0 bridgehead atoms. The van der Waals surface area contributed by atoms with Crippen molar-refractivity contribution in [3.63, 3.8) is 0 Å². The van der Waals surface area contributed by atoms with Crippen LogP contribution in [0.3, 0.4) is 0 Å². The summed E-state index contributed by atoms with van der Waals surface area (Å²) in [5.41, 5.74) is 11.6. The predicted molar refractivity (Wildman–Crippen MR) is 135 cm³/mol. The van der Waals surface area contributed by atoms with Crippen molar-refractivity contribution in [3.8, 4) is 0 Å². The number of nitrogens with two attached hydrogens (primary N) is 2. The first-order chi connectivity index (χ1) is 16.9. The van der Waals surface area contributed by atoms with Crippen molar-refractivity contribution in [1.82, 2.24) is 25.9 Å². The SMILES string of the molecule is CSCCC(N)C(=O)NC(Cc1cnc[nH]1)C(=O)NC(CC(C)C)C(=O)NC(CCC(N)=O)C(=O)O. The summed E-state index contributed by atoms with van der Waals surface area (Å²) in [7, 11) is 0. The van der Waals surface area contributed by atoms with Gasteiger partial charge in [-0.05, 0) is 37.2 Å². The first kappa shape index (κ1) is 30.9. The molecule has 0 spiro atoms. The number of primary amides is 1. The van der Waals surface area contributed by atoms with Crippen LogP contribution in [0.25, 0.3) is 0 Å². The minimum atomic E-state index is -1.36. The molecule has 0 radical (unpaired) electrons. The number of nitrogens with zero attached hydrogens (tertiary/aromatic N) is 1. The van der Waals surface area contributed by atoms with Crippen LogP contribution in [0.2, 0.25) is 0 Å². The standard InChI is InChI=1S/C22H37N7O6S/c1-12(2)8-16(20(32)27-15(22(34)35)4-5-18(24)30)29-21(33)17(9-13-10-25-11-26-13)28-19(31)14(23)6-7-36-3/h10-12,14-17H,4-9,23H2,1-3H3,(H2,24,30)(H,25,26)(H,27,32)(H,28,31)(H,29,33)(H,34,35). The molecule has 4 atom stereocenters. The van der Waals surface area contributed by atoms with Crippen LogP contribution in [0, 0.1) is 5.92 Å². The Bertz CT molecular complexity index is 880. The largest absolute Gasteiger partial charge is 0.480 e. The van der Waals surface area contributed by atoms with E-state index >= 15 is 0 Å². The van der Waals surface area contributed by atoms with E-state index in [1.807, 2.05) is 20.1 Å². The smallest absolute Gasteiger partial charge is 0.326 e. The van der Waals surface area contributed by atoms with Gasteiger partial charge in [-0.25, -0.2) is 9.78 Å². The minimum Gasteiger partial charge on any atom is -0.480 e. The van der Waals surface area contributed by atoms with Gasteiger partial charge >= 0.3 is 5.97 Å². The van der Waals surface area contributed by atoms with Gasteiger partial charge in [0.15, 0.2) is 0 Å². The number of carboxylic acids is 1. The highest BCUT2D eigenvalue weighted by Gasteiger charge is 2.31. The summed E-state index contributed by atoms with van der Waals surface area (Å²) < 4.78 is 0. The normalized spacial score (nSPS) is 14.4. The van der Waals surface area contributed by atoms with Crippen LogP contribution in [0.15, 0.2) is 12.5 Å². The summed E-state index contributed by atoms with van der Waals surface area (Å²) in [6.45, 7) is 3.67. The van der Waals surface area contributed by atoms with Crippen LogP contribution in [-0.4, -0.2) is 80.8 Å². The van der Waals surface area contributed by atoms with Crippen molar-refractivity contribution in [1.29, 1.82) is 0 Å². The number of amides is 4. The molecule has 1 aromatic rings. The van der Waals surface area contributed by atoms with Gasteiger partial charge in [0.1, 0.15) is 18.1 Å². The lowest BCUT2D eigenvalue weighted by Gasteiger charge is -2.26. The van der Waals surface area contributed by atoms with Crippen LogP contribution in [-0.2, 0) is 30.4 Å². The first-order valence-corrected chi connectivity index (χ1v) is 13.0. The lowest BCUT2D eigenvalue weighted by atomic mass is 10.0. The summed E-state index contributed by atoms with van der Waals surface area (Å²) in [6, 6.07) is -4.32. The zero-order valence-electron chi connectivity index (χ0n) is 20.8. The average molecular weight is 528 g/mol. The Labute approximate surface area is 214 Å². The van der Waals surface area contributed by atoms with E-state index in [0.717, 1.165) is 0 Å². The Kier molecular flexibility index (Phi) is 13.5. The van der Waals surface area contributed by atoms with Crippen LogP contribution in [0.5, 0.6) is 0 Å². The number of nitrogens with one attached hydrogen (secondary N) is 4. The number of thioether (sulfide) groups is 1. The van der Waals surface area contributed by atoms with Gasteiger partial charge in [-0.2, -0.15) is 11.8 Å². The molecular formula is C22H37N7O6S. The molecule has 0 aliphatic heterocycles. The number of hydrogen-bond donors (Lipinski definition) is 7. The molecule has 0 fully saturated rings. The van der Waals surface area contributed by atoms with Gasteiger partial charge in [0.2, 0.25) is 23.6 Å². The second-order valence-electron chi connectivity index (χ2n) is 8.83. The summed E-state index contributed by atoms with van der Waals surface area (Å²) in [6.07, 6.45) is 5.11. The Morgan fingerprint density at radius 1 is 1.03 bits per heavy atom. The predicted octanol–water partition coefficient (Wildman–Crippen LogP) is -1.12. The molecule has 13 nitrogen and oxygen atoms in total. The molecule has 14 heteroatoms. The second-order valence-corrected chi connectivity index (χ2v) is 9.81. The number of carbonyl (C=O) groups is 5. The third kappa shape index (κ3) is 11.5. The minimum absolute atomic E-state index is 0.0319. The number of aromatic amines is 1. The lowest BCUT2D eigenvalue weighted by molar-refractivity contribution is -0.142. The van der Waals surface area contributed by atoms with Gasteiger partial charge in [0.05, 0.1) is 12.4 Å². The number of rotatable bonds is 17. The maximum Gasteiger partial charge on any atom is 0.326 e. The van der Waals surface area contributed by atoms with Crippen LogP contribution in [0.4, 0.5) is 0 Å². The summed E-state index contributed by atoms with van der Waals surface area (Å²) in [5.74, 6) is -3.26. The van der Waals surface area contributed by atoms with Gasteiger partial charge in [-0.1, -0.05) is 13.8 Å². The van der Waals surface area contributed by atoms with E-state index in [2.05, 4.69) is 25.9 Å². The van der Waals surface area contributed by atoms with Crippen LogP contribution < -0.4 is 27.4 Å². The number of carboxylic acid groups (broad SMARTS) is 1. The Morgan fingerprint density at radius 2 is 1.64 bits per heavy atom. The zero-order valence-corrected chi connectivity index (χ0v) is 21.6. The van der Waals surface area contributed by atoms with E-state index in [4.69, 9.17) is 11.5 Å². The highest BCUT2D eigenvalue weighted by Crippen LogP contribution is 2.09. The average Bonchev–Trinajstić information content (AvgIpc) is 3.31. The number of hydrogen-bond acceptors (Lipinski definition) is 8. The van der Waals surface area contributed by atoms with E-state index in [9.17, 15) is 29.1 Å². The quantitative estimate of drug-likeness (QED) is 0.130. The molecular weight excluding hydrogens is 490 g/mol. The molecule has 0 saturated heterocycles. The molecule has 0 aliphatic carbocycles. The molecule has 4 amide bonds. The summed E-state index contributed by atoms with van der Waals surface area (Å²) in [4.78, 5) is 68.1. The van der Waals surface area contributed by atoms with Gasteiger partial charge in [0.25, 0.3) is 0 Å². The fourth-order valence-corrected chi connectivity index (χ4v) is 3.76. The van der Waals surface area contributed by atoms with Crippen LogP contribution >= 0.6 is 11.8 Å². The van der Waals surface area contributed by atoms with Gasteiger partial charge in [-0.15, -0.1) is 0 Å². The van der Waals surface area contributed by atoms with Crippen molar-refractivity contribution in [2.75, 3.05) is 12.0 Å². The number of carbonyl (C=O) groups excluding carboxylic acids is 4. The number of aliphatic carboxylic acids is 1. The molecule has 1 aromatic heterocycles. The highest BCUT2D eigenvalue weighted by atomic mass is 32.2. The highest BCUT2D eigenvalue weighted by molar-refractivity contribution is 7.98. The van der Waals surface area contributed by atoms with E-state index in [1.54, 1.807) is 11.8 Å². The van der Waals surface area contributed by atoms with E-state index < -0.39 is 53.8 Å². The molecule has 1 rings (SSSR count). The van der Waals surface area contributed by atoms with E-state index in [-0.39, 0.29) is 31.6 Å². The zero-order chi connectivity index (χ0) is 27.3. The fraction of sp³-hybridized carbons (Fsp3) is 0.636. The number of H-pyrrole nitrogens is 1. The van der Waals surface area contributed by atoms with Crippen molar-refractivity contribution in [2.45, 2.75) is 70.1 Å². The maximum absolute atomic E-state index is 13.2. The van der Waals surface area contributed by atoms with E-state index in [0.29, 0.717) is 17.9 Å². The lowest BCUT2D eigenvalue weighted by Crippen LogP contribution is -2.58. The summed E-state index contributed by atoms with van der Waals surface area (Å²) >= 11 is 1.54. The van der Waals surface area contributed by atoms with Crippen molar-refractivity contribution in [3.05, 3.63) is 18.2 Å². The summed E-state index contributed by atoms with van der Waals surface area (Å²) in [5, 5.41) is 17.0. The van der Waals surface area contributed by atoms with Gasteiger partial charge < -0.3 is 37.5 Å². The van der Waals surface area contributed by atoms with Crippen LogP contribution in [0.1, 0.15) is 45.2 Å². The molecule has 36 heavy (non-hydrogen) atoms. The molecule has 1 heterocycles. The van der Waals surface area contributed by atoms with Crippen molar-refractivity contribution >= 4 is 41.4 Å². The topological polar surface area (TPSA) is 222 Å². The van der Waals surface area contributed by atoms with Crippen molar-refractivity contribution < 1.29 is 29.1 Å².